The fraction of sp³-hybridized carbons (Fsp3) is 0.0455. The van der Waals surface area contributed by atoms with Gasteiger partial charge in [-0.15, -0.1) is 15.3 Å². The maximum Gasteiger partial charge on any atom is 1.00 e. The van der Waals surface area contributed by atoms with Crippen LogP contribution in [0.4, 0.5) is 34.1 Å². The van der Waals surface area contributed by atoms with E-state index in [1.54, 1.807) is 50.2 Å². The maximum atomic E-state index is 12.4. The van der Waals surface area contributed by atoms with Crippen molar-refractivity contribution in [3.8, 4) is 39.9 Å². The largest absolute Gasteiger partial charge is 1.00 e. The second kappa shape index (κ2) is 21.4. The summed E-state index contributed by atoms with van der Waals surface area (Å²) in [4.78, 5) is -2.39. The Balaban J connectivity index is 0.00000304. The van der Waals surface area contributed by atoms with Crippen molar-refractivity contribution in [1.29, 1.82) is 0 Å². The molecule has 8 aromatic carbocycles. The van der Waals surface area contributed by atoms with Gasteiger partial charge < -0.3 is 39.2 Å². The predicted molar refractivity (Wildman–Crippen MR) is 238 cm³/mol. The Labute approximate surface area is 464 Å². The third-order valence-corrected chi connectivity index (χ3v) is 13.1. The number of fused-ring (bicyclic) bond motifs is 3. The van der Waals surface area contributed by atoms with Gasteiger partial charge in [0.2, 0.25) is 0 Å². The summed E-state index contributed by atoms with van der Waals surface area (Å²) in [5.41, 5.74) is 1.36. The van der Waals surface area contributed by atoms with Gasteiger partial charge >= 0.3 is 88.7 Å². The first-order valence-corrected chi connectivity index (χ1v) is 23.3. The first kappa shape index (κ1) is 56.0. The Bertz CT molecular complexity index is 3900. The van der Waals surface area contributed by atoms with Gasteiger partial charge in [0.15, 0.2) is 17.2 Å². The average molecular weight is 1030 g/mol. The molecule has 0 aliphatic carbocycles. The van der Waals surface area contributed by atoms with Crippen LogP contribution in [0.2, 0.25) is 0 Å². The minimum Gasteiger partial charge on any atom is -0.744 e. The molecule has 0 atom stereocenters. The normalized spacial score (nSPS) is 12.2. The van der Waals surface area contributed by atoms with Crippen molar-refractivity contribution in [2.45, 2.75) is 28.5 Å². The summed E-state index contributed by atoms with van der Waals surface area (Å²) >= 11 is 0. The number of azo groups is 3. The number of hydrogen-bond acceptors (Lipinski definition) is 20. The van der Waals surface area contributed by atoms with Gasteiger partial charge in [0.1, 0.15) is 58.9 Å². The van der Waals surface area contributed by atoms with E-state index in [1.165, 1.54) is 48.5 Å². The molecule has 0 fully saturated rings. The summed E-state index contributed by atoms with van der Waals surface area (Å²) in [6.07, 6.45) is 0. The molecule has 0 unspecified atom stereocenters. The van der Waals surface area contributed by atoms with Crippen LogP contribution in [0.3, 0.4) is 0 Å². The van der Waals surface area contributed by atoms with Gasteiger partial charge in [-0.1, -0.05) is 42.5 Å². The van der Waals surface area contributed by atoms with Gasteiger partial charge in [-0.05, 0) is 108 Å². The van der Waals surface area contributed by atoms with Gasteiger partial charge in [-0.25, -0.2) is 25.3 Å². The second-order valence-corrected chi connectivity index (χ2v) is 18.9. The zero-order chi connectivity index (χ0) is 48.3. The number of hydrogen-bond donors (Lipinski definition) is 5. The average Bonchev–Trinajstić information content (AvgIpc) is 3.25. The van der Waals surface area contributed by atoms with Gasteiger partial charge in [-0.2, -0.15) is 15.3 Å². The van der Waals surface area contributed by atoms with Crippen molar-refractivity contribution >= 4 is 96.8 Å². The fourth-order valence-electron chi connectivity index (χ4n) is 7.25. The number of aryl methyl sites for hydroxylation is 2. The summed E-state index contributed by atoms with van der Waals surface area (Å²) < 4.78 is 109. The van der Waals surface area contributed by atoms with Crippen molar-refractivity contribution < 1.29 is 153 Å². The van der Waals surface area contributed by atoms with Crippen LogP contribution < -0.4 is 88.7 Å². The van der Waals surface area contributed by atoms with E-state index in [0.717, 1.165) is 24.3 Å². The van der Waals surface area contributed by atoms with Gasteiger partial charge in [0, 0.05) is 16.2 Å². The number of rotatable bonds is 10. The Morgan fingerprint density at radius 1 is 0.414 bits per heavy atom. The number of benzene rings is 8. The summed E-state index contributed by atoms with van der Waals surface area (Å²) in [7, 11) is -15.4. The molecule has 0 saturated heterocycles. The molecule has 20 nitrogen and oxygen atoms in total. The summed E-state index contributed by atoms with van der Waals surface area (Å²) in [6, 6.07) is 23.8. The van der Waals surface area contributed by atoms with Gasteiger partial charge in [-0.3, -0.25) is 0 Å². The second-order valence-electron chi connectivity index (χ2n) is 14.8. The third kappa shape index (κ3) is 11.2. The standard InChI is InChI=1S/C44H32N6O14S3.3Na/c1-21-15-23(10-13-30(21)46-49-33-20-37(66(59,60)61)28-6-4-8-35(52)40(28)44(33)55)24-11-14-31(22(2)16-24)47-50-41-38(67(62,63)64)17-25-9-12-26(18-29(25)42(41)53)45-48-32-19-36(65(56,57)58)27-5-3-7-34(51)39(27)43(32)54;;;/h3-20,51-55H,1-2H3,(H,56,57,58)(H,59,60,61)(H,62,63,64);;;/q;3*+1/p-3. The monoisotopic (exact) mass is 1030 g/mol. The Morgan fingerprint density at radius 3 is 1.29 bits per heavy atom. The van der Waals surface area contributed by atoms with Crippen LogP contribution in [-0.2, 0) is 30.4 Å². The molecule has 70 heavy (non-hydrogen) atoms. The molecule has 0 spiro atoms. The van der Waals surface area contributed by atoms with Crippen molar-refractivity contribution in [2.24, 2.45) is 30.7 Å². The molecule has 0 bridgehead atoms. The molecular weight excluding hydrogens is 1000 g/mol. The molecule has 0 aromatic heterocycles. The predicted octanol–water partition coefficient (Wildman–Crippen LogP) is 0.929. The molecule has 0 saturated carbocycles. The summed E-state index contributed by atoms with van der Waals surface area (Å²) in [6.45, 7) is 3.38. The van der Waals surface area contributed by atoms with Crippen LogP contribution in [0.15, 0.2) is 155 Å². The minimum absolute atomic E-state index is 0. The summed E-state index contributed by atoms with van der Waals surface area (Å²) in [5.74, 6) is -3.08. The maximum absolute atomic E-state index is 12.4. The number of phenols is 5. The van der Waals surface area contributed by atoms with Crippen LogP contribution in [0.1, 0.15) is 11.1 Å². The molecule has 0 heterocycles. The topological polar surface area (TPSA) is 347 Å². The molecule has 8 aromatic rings. The number of aromatic hydroxyl groups is 5. The third-order valence-electron chi connectivity index (χ3n) is 10.5. The smallest absolute Gasteiger partial charge is 0.744 e. The molecule has 0 aliphatic rings. The first-order valence-electron chi connectivity index (χ1n) is 19.1. The van der Waals surface area contributed by atoms with E-state index in [1.807, 2.05) is 0 Å². The molecule has 340 valence electrons. The van der Waals surface area contributed by atoms with Crippen molar-refractivity contribution in [1.82, 2.24) is 0 Å². The zero-order valence-electron chi connectivity index (χ0n) is 37.2. The molecule has 8 rings (SSSR count). The van der Waals surface area contributed by atoms with Gasteiger partial charge in [0.25, 0.3) is 0 Å². The van der Waals surface area contributed by atoms with Crippen molar-refractivity contribution in [3.05, 3.63) is 120 Å². The molecule has 0 aliphatic heterocycles. The van der Waals surface area contributed by atoms with Crippen LogP contribution >= 0.6 is 0 Å². The molecule has 0 radical (unpaired) electrons. The molecular formula is C44H29N6Na3O14S3. The fourth-order valence-corrected chi connectivity index (χ4v) is 9.28. The van der Waals surface area contributed by atoms with E-state index in [2.05, 4.69) is 30.7 Å². The van der Waals surface area contributed by atoms with E-state index in [9.17, 15) is 64.4 Å². The van der Waals surface area contributed by atoms with E-state index < -0.39 is 85.2 Å². The first-order chi connectivity index (χ1) is 31.5. The van der Waals surface area contributed by atoms with E-state index >= 15 is 0 Å². The van der Waals surface area contributed by atoms with E-state index in [0.29, 0.717) is 27.9 Å². The number of nitrogens with zero attached hydrogens (tertiary/aromatic N) is 6. The molecule has 26 heteroatoms. The Kier molecular flexibility index (Phi) is 17.1. The van der Waals surface area contributed by atoms with Gasteiger partial charge in [0.05, 0.1) is 42.5 Å². The molecule has 0 amide bonds. The van der Waals surface area contributed by atoms with Crippen LogP contribution in [0, 0.1) is 13.8 Å². The van der Waals surface area contributed by atoms with E-state index in [-0.39, 0.29) is 138 Å². The summed E-state index contributed by atoms with van der Waals surface area (Å²) in [5, 5.41) is 76.6. The van der Waals surface area contributed by atoms with Crippen molar-refractivity contribution in [3.63, 3.8) is 0 Å². The molecule has 5 N–H and O–H groups in total. The zero-order valence-corrected chi connectivity index (χ0v) is 45.7. The minimum atomic E-state index is -5.25. The SMILES string of the molecule is Cc1cc(-c2ccc(N=Nc3c(S(=O)(=O)[O-])cc4ccc(N=Nc5cc(S(=O)(=O)[O-])c6cccc(O)c6c5O)cc4c3O)c(C)c2)ccc1N=Nc1cc(S(=O)(=O)[O-])c2cccc(O)c2c1O.[Na+].[Na+].[Na+]. The Hall–Kier alpha value is -4.93. The van der Waals surface area contributed by atoms with Crippen molar-refractivity contribution in [2.75, 3.05) is 0 Å². The number of phenolic OH excluding ortho intramolecular Hbond substituents is 5. The Morgan fingerprint density at radius 2 is 0.843 bits per heavy atom. The van der Waals surface area contributed by atoms with Crippen LogP contribution in [0.5, 0.6) is 28.7 Å². The van der Waals surface area contributed by atoms with E-state index in [4.69, 9.17) is 0 Å². The quantitative estimate of drug-likeness (QED) is 0.0723. The van der Waals surface area contributed by atoms with Crippen LogP contribution in [0.25, 0.3) is 43.4 Å². The van der Waals surface area contributed by atoms with Crippen LogP contribution in [-0.4, -0.2) is 64.4 Å².